The SMILES string of the molecule is C[C@]12CC(F)[C@@H]3c4ccc(O)cc4CC(CCCCCl)[C@H]3[C@@H]1CCC2=O. The molecule has 4 heteroatoms. The number of phenolic OH excluding ortho intramolecular Hbond substituents is 1. The van der Waals surface area contributed by atoms with Gasteiger partial charge in [0.05, 0.1) is 0 Å². The largest absolute Gasteiger partial charge is 0.508 e. The molecule has 0 bridgehead atoms. The monoisotopic (exact) mass is 378 g/mol. The van der Waals surface area contributed by atoms with Crippen molar-refractivity contribution >= 4 is 17.4 Å². The predicted molar refractivity (Wildman–Crippen MR) is 101 cm³/mol. The summed E-state index contributed by atoms with van der Waals surface area (Å²) in [5, 5.41) is 9.92. The van der Waals surface area contributed by atoms with Gasteiger partial charge in [0, 0.05) is 23.6 Å². The summed E-state index contributed by atoms with van der Waals surface area (Å²) < 4.78 is 15.5. The van der Waals surface area contributed by atoms with Gasteiger partial charge >= 0.3 is 0 Å². The van der Waals surface area contributed by atoms with Crippen LogP contribution in [0, 0.1) is 23.2 Å². The first-order valence-corrected chi connectivity index (χ1v) is 10.5. The molecule has 0 aromatic heterocycles. The lowest BCUT2D eigenvalue weighted by Gasteiger charge is -2.53. The van der Waals surface area contributed by atoms with Crippen LogP contribution in [-0.2, 0) is 11.2 Å². The minimum atomic E-state index is -0.984. The summed E-state index contributed by atoms with van der Waals surface area (Å²) in [6.07, 6.45) is 4.80. The molecule has 142 valence electrons. The van der Waals surface area contributed by atoms with E-state index in [1.54, 1.807) is 6.07 Å². The van der Waals surface area contributed by atoms with Crippen molar-refractivity contribution < 1.29 is 14.3 Å². The number of Topliss-reactive ketones (excluding diaryl/α,β-unsaturated/α-hetero) is 1. The molecule has 0 amide bonds. The Morgan fingerprint density at radius 3 is 2.92 bits per heavy atom. The number of carbonyl (C=O) groups excluding carboxylic acids is 1. The number of halogens is 2. The van der Waals surface area contributed by atoms with Crippen molar-refractivity contribution in [1.29, 1.82) is 0 Å². The fourth-order valence-electron chi connectivity index (χ4n) is 6.34. The second-order valence-corrected chi connectivity index (χ2v) is 9.22. The second-order valence-electron chi connectivity index (χ2n) is 8.84. The zero-order valence-electron chi connectivity index (χ0n) is 15.4. The first kappa shape index (κ1) is 18.3. The molecular weight excluding hydrogens is 351 g/mol. The number of hydrogen-bond donors (Lipinski definition) is 1. The zero-order chi connectivity index (χ0) is 18.5. The Balaban J connectivity index is 1.75. The first-order valence-electron chi connectivity index (χ1n) is 10.0. The lowest BCUT2D eigenvalue weighted by atomic mass is 9.51. The topological polar surface area (TPSA) is 37.3 Å². The Bertz CT molecular complexity index is 705. The molecular formula is C22H28ClFO2. The minimum Gasteiger partial charge on any atom is -0.508 e. The molecule has 0 radical (unpaired) electrons. The summed E-state index contributed by atoms with van der Waals surface area (Å²) in [6.45, 7) is 2.01. The maximum absolute atomic E-state index is 15.5. The maximum atomic E-state index is 15.5. The van der Waals surface area contributed by atoms with Gasteiger partial charge in [-0.15, -0.1) is 11.6 Å². The van der Waals surface area contributed by atoms with E-state index >= 15 is 4.39 Å². The van der Waals surface area contributed by atoms with E-state index in [0.29, 0.717) is 24.6 Å². The van der Waals surface area contributed by atoms with E-state index in [-0.39, 0.29) is 29.3 Å². The summed E-state index contributed by atoms with van der Waals surface area (Å²) in [5.41, 5.74) is 1.67. The highest BCUT2D eigenvalue weighted by Gasteiger charge is 2.60. The molecule has 6 atom stereocenters. The molecule has 2 unspecified atom stereocenters. The number of phenols is 1. The molecule has 1 N–H and O–H groups in total. The third-order valence-corrected chi connectivity index (χ3v) is 7.76. The van der Waals surface area contributed by atoms with E-state index in [0.717, 1.165) is 43.2 Å². The number of carbonyl (C=O) groups is 1. The van der Waals surface area contributed by atoms with Crippen LogP contribution >= 0.6 is 11.6 Å². The number of benzene rings is 1. The molecule has 3 aliphatic carbocycles. The zero-order valence-corrected chi connectivity index (χ0v) is 16.1. The highest BCUT2D eigenvalue weighted by Crippen LogP contribution is 2.62. The van der Waals surface area contributed by atoms with Crippen molar-refractivity contribution in [3.63, 3.8) is 0 Å². The quantitative estimate of drug-likeness (QED) is 0.562. The molecule has 0 aliphatic heterocycles. The molecule has 4 rings (SSSR count). The highest BCUT2D eigenvalue weighted by molar-refractivity contribution is 6.17. The third kappa shape index (κ3) is 2.78. The fraction of sp³-hybridized carbons (Fsp3) is 0.682. The van der Waals surface area contributed by atoms with Crippen LogP contribution in [0.3, 0.4) is 0 Å². The molecule has 2 saturated carbocycles. The Hall–Kier alpha value is -1.09. The fourth-order valence-corrected chi connectivity index (χ4v) is 6.52. The number of ketones is 1. The van der Waals surface area contributed by atoms with E-state index in [1.807, 2.05) is 19.1 Å². The molecule has 26 heavy (non-hydrogen) atoms. The van der Waals surface area contributed by atoms with Gasteiger partial charge in [-0.3, -0.25) is 4.79 Å². The van der Waals surface area contributed by atoms with Crippen LogP contribution in [-0.4, -0.2) is 22.9 Å². The summed E-state index contributed by atoms with van der Waals surface area (Å²) in [4.78, 5) is 12.6. The van der Waals surface area contributed by atoms with E-state index < -0.39 is 11.6 Å². The van der Waals surface area contributed by atoms with Gasteiger partial charge in [0.15, 0.2) is 0 Å². The molecule has 0 heterocycles. The summed E-state index contributed by atoms with van der Waals surface area (Å²) in [6, 6.07) is 5.42. The summed E-state index contributed by atoms with van der Waals surface area (Å²) in [5.74, 6) is 1.92. The Morgan fingerprint density at radius 2 is 2.15 bits per heavy atom. The first-order chi connectivity index (χ1) is 12.5. The predicted octanol–water partition coefficient (Wildman–Crippen LogP) is 5.40. The Morgan fingerprint density at radius 1 is 1.35 bits per heavy atom. The van der Waals surface area contributed by atoms with Crippen molar-refractivity contribution in [3.05, 3.63) is 29.3 Å². The number of fused-ring (bicyclic) bond motifs is 5. The normalized spacial score (nSPS) is 38.6. The maximum Gasteiger partial charge on any atom is 0.139 e. The van der Waals surface area contributed by atoms with Gasteiger partial charge in [0.25, 0.3) is 0 Å². The van der Waals surface area contributed by atoms with Crippen LogP contribution in [0.15, 0.2) is 18.2 Å². The number of hydrogen-bond acceptors (Lipinski definition) is 2. The van der Waals surface area contributed by atoms with Crippen molar-refractivity contribution in [2.75, 3.05) is 5.88 Å². The third-order valence-electron chi connectivity index (χ3n) is 7.50. The van der Waals surface area contributed by atoms with Crippen molar-refractivity contribution in [3.8, 4) is 5.75 Å². The van der Waals surface area contributed by atoms with Gasteiger partial charge in [0.2, 0.25) is 0 Å². The van der Waals surface area contributed by atoms with Crippen LogP contribution in [0.4, 0.5) is 4.39 Å². The van der Waals surface area contributed by atoms with Gasteiger partial charge in [-0.2, -0.15) is 0 Å². The number of rotatable bonds is 4. The van der Waals surface area contributed by atoms with E-state index in [1.165, 1.54) is 0 Å². The van der Waals surface area contributed by atoms with Crippen LogP contribution < -0.4 is 0 Å². The molecule has 3 aliphatic rings. The Kier molecular flexibility index (Phi) is 4.79. The van der Waals surface area contributed by atoms with E-state index in [9.17, 15) is 9.90 Å². The van der Waals surface area contributed by atoms with E-state index in [4.69, 9.17) is 11.6 Å². The molecule has 1 aromatic rings. The standard InChI is InChI=1S/C22H28ClFO2/c1-22-12-18(24)21-16-6-5-15(25)11-14(16)10-13(4-2-3-9-23)20(21)17(22)7-8-19(22)26/h5-6,11,13,17-18,20-21,25H,2-4,7-10,12H2,1H3/t13?,17-,18?,20-,21-,22-/m0/s1. The van der Waals surface area contributed by atoms with Gasteiger partial charge < -0.3 is 5.11 Å². The smallest absolute Gasteiger partial charge is 0.139 e. The number of aromatic hydroxyl groups is 1. The summed E-state index contributed by atoms with van der Waals surface area (Å²) in [7, 11) is 0. The van der Waals surface area contributed by atoms with Gasteiger partial charge in [-0.05, 0) is 73.1 Å². The molecule has 2 nitrogen and oxygen atoms in total. The van der Waals surface area contributed by atoms with Crippen LogP contribution in [0.2, 0.25) is 0 Å². The lowest BCUT2D eigenvalue weighted by Crippen LogP contribution is -2.50. The molecule has 1 aromatic carbocycles. The van der Waals surface area contributed by atoms with Crippen LogP contribution in [0.1, 0.15) is 62.5 Å². The molecule has 0 saturated heterocycles. The average molecular weight is 379 g/mol. The number of unbranched alkanes of at least 4 members (excludes halogenated alkanes) is 1. The van der Waals surface area contributed by atoms with E-state index in [2.05, 4.69) is 0 Å². The van der Waals surface area contributed by atoms with Crippen molar-refractivity contribution in [2.24, 2.45) is 23.2 Å². The van der Waals surface area contributed by atoms with Crippen molar-refractivity contribution in [1.82, 2.24) is 0 Å². The van der Waals surface area contributed by atoms with Crippen LogP contribution in [0.25, 0.3) is 0 Å². The van der Waals surface area contributed by atoms with Gasteiger partial charge in [0.1, 0.15) is 17.7 Å². The Labute approximate surface area is 160 Å². The minimum absolute atomic E-state index is 0.135. The van der Waals surface area contributed by atoms with Crippen molar-refractivity contribution in [2.45, 2.75) is 64.0 Å². The second kappa shape index (κ2) is 6.82. The summed E-state index contributed by atoms with van der Waals surface area (Å²) >= 11 is 5.87. The van der Waals surface area contributed by atoms with Gasteiger partial charge in [-0.25, -0.2) is 4.39 Å². The molecule has 2 fully saturated rings. The van der Waals surface area contributed by atoms with Crippen LogP contribution in [0.5, 0.6) is 5.75 Å². The lowest BCUT2D eigenvalue weighted by molar-refractivity contribution is -0.132. The number of alkyl halides is 2. The molecule has 0 spiro atoms. The van der Waals surface area contributed by atoms with Gasteiger partial charge in [-0.1, -0.05) is 19.4 Å². The average Bonchev–Trinajstić information content (AvgIpc) is 2.89. The highest BCUT2D eigenvalue weighted by atomic mass is 35.5.